The van der Waals surface area contributed by atoms with Crippen molar-refractivity contribution in [2.75, 3.05) is 0 Å². The first-order chi connectivity index (χ1) is 15.2. The fourth-order valence-electron chi connectivity index (χ4n) is 3.37. The third kappa shape index (κ3) is 4.50. The molecule has 1 aliphatic heterocycles. The van der Waals surface area contributed by atoms with Gasteiger partial charge in [-0.25, -0.2) is 4.99 Å². The van der Waals surface area contributed by atoms with Crippen LogP contribution in [0.4, 0.5) is 11.4 Å². The molecule has 32 heavy (non-hydrogen) atoms. The van der Waals surface area contributed by atoms with E-state index >= 15 is 0 Å². The van der Waals surface area contributed by atoms with Gasteiger partial charge in [-0.3, -0.25) is 14.9 Å². The third-order valence-corrected chi connectivity index (χ3v) is 6.98. The van der Waals surface area contributed by atoms with Crippen LogP contribution in [0.1, 0.15) is 17.0 Å². The number of hydrogen-bond acceptors (Lipinski definition) is 5. The molecule has 10 heteroatoms. The monoisotopic (exact) mass is 530 g/mol. The van der Waals surface area contributed by atoms with Gasteiger partial charge in [-0.15, -0.1) is 0 Å². The van der Waals surface area contributed by atoms with Gasteiger partial charge in [0.25, 0.3) is 11.6 Å². The molecule has 1 N–H and O–H groups in total. The quantitative estimate of drug-likeness (QED) is 0.243. The number of non-ortho nitro benzene ring substituents is 1. The predicted molar refractivity (Wildman–Crippen MR) is 132 cm³/mol. The lowest BCUT2D eigenvalue weighted by molar-refractivity contribution is -0.384. The maximum atomic E-state index is 12.5. The fraction of sp³-hybridized carbons (Fsp3) is 0.0909. The average molecular weight is 532 g/mol. The van der Waals surface area contributed by atoms with Crippen molar-refractivity contribution in [1.29, 1.82) is 0 Å². The van der Waals surface area contributed by atoms with Crippen molar-refractivity contribution in [3.63, 3.8) is 0 Å². The van der Waals surface area contributed by atoms with Crippen molar-refractivity contribution < 1.29 is 9.72 Å². The molecular weight excluding hydrogens is 516 g/mol. The number of benzene rings is 2. The summed E-state index contributed by atoms with van der Waals surface area (Å²) in [6.07, 6.45) is 1.80. The SMILES string of the molecule is Cc1cc(/C=C2\SC(=Nc3ccc(Br)c(Cl)c3)NC2=O)c(C)n1-c1cccc([N+](=O)[O-])c1. The van der Waals surface area contributed by atoms with E-state index in [9.17, 15) is 14.9 Å². The van der Waals surface area contributed by atoms with Crippen LogP contribution in [0.2, 0.25) is 5.02 Å². The number of carbonyl (C=O) groups is 1. The average Bonchev–Trinajstić information content (AvgIpc) is 3.23. The highest BCUT2D eigenvalue weighted by Gasteiger charge is 2.25. The molecule has 2 heterocycles. The van der Waals surface area contributed by atoms with E-state index in [1.165, 1.54) is 23.9 Å². The van der Waals surface area contributed by atoms with E-state index in [0.29, 0.717) is 26.5 Å². The standard InChI is InChI=1S/C22H16BrClN4O3S/c1-12-8-14(13(2)27(12)16-4-3-5-17(11-16)28(30)31)9-20-21(29)26-22(32-20)25-15-6-7-18(23)19(24)10-15/h3-11H,1-2H3,(H,25,26,29)/b20-9-. The molecular formula is C22H16BrClN4O3S. The highest BCUT2D eigenvalue weighted by atomic mass is 79.9. The number of nitrogens with zero attached hydrogens (tertiary/aromatic N) is 3. The van der Waals surface area contributed by atoms with Crippen LogP contribution in [-0.2, 0) is 4.79 Å². The first-order valence-corrected chi connectivity index (χ1v) is 11.4. The van der Waals surface area contributed by atoms with Crippen molar-refractivity contribution in [2.45, 2.75) is 13.8 Å². The number of aromatic nitrogens is 1. The molecule has 4 rings (SSSR count). The van der Waals surface area contributed by atoms with Crippen LogP contribution in [0.3, 0.4) is 0 Å². The summed E-state index contributed by atoms with van der Waals surface area (Å²) in [5.74, 6) is -0.239. The smallest absolute Gasteiger partial charge is 0.271 e. The molecule has 0 atom stereocenters. The van der Waals surface area contributed by atoms with Crippen LogP contribution in [-0.4, -0.2) is 20.6 Å². The van der Waals surface area contributed by atoms with Crippen LogP contribution >= 0.6 is 39.3 Å². The zero-order chi connectivity index (χ0) is 23.0. The Bertz CT molecular complexity index is 1330. The molecule has 0 radical (unpaired) electrons. The zero-order valence-electron chi connectivity index (χ0n) is 16.9. The van der Waals surface area contributed by atoms with Gasteiger partial charge in [-0.2, -0.15) is 0 Å². The topological polar surface area (TPSA) is 89.5 Å². The largest absolute Gasteiger partial charge is 0.318 e. The summed E-state index contributed by atoms with van der Waals surface area (Å²) in [6, 6.07) is 13.7. The normalized spacial score (nSPS) is 16.1. The molecule has 0 aliphatic carbocycles. The number of amides is 1. The Hall–Kier alpha value is -2.88. The molecule has 1 fully saturated rings. The Morgan fingerprint density at radius 2 is 2.00 bits per heavy atom. The Labute approximate surface area is 201 Å². The molecule has 0 spiro atoms. The number of nitrogens with one attached hydrogen (secondary N) is 1. The molecule has 0 saturated carbocycles. The van der Waals surface area contributed by atoms with Gasteiger partial charge in [0.2, 0.25) is 0 Å². The number of rotatable bonds is 4. The third-order valence-electron chi connectivity index (χ3n) is 4.84. The molecule has 1 aromatic heterocycles. The molecule has 1 aliphatic rings. The summed E-state index contributed by atoms with van der Waals surface area (Å²) in [4.78, 5) is 28.2. The fourth-order valence-corrected chi connectivity index (χ4v) is 4.62. The zero-order valence-corrected chi connectivity index (χ0v) is 20.1. The van der Waals surface area contributed by atoms with Crippen molar-refractivity contribution in [3.8, 4) is 5.69 Å². The lowest BCUT2D eigenvalue weighted by Crippen LogP contribution is -2.19. The minimum Gasteiger partial charge on any atom is -0.318 e. The molecule has 7 nitrogen and oxygen atoms in total. The summed E-state index contributed by atoms with van der Waals surface area (Å²) in [6.45, 7) is 3.83. The molecule has 0 unspecified atom stereocenters. The number of amidine groups is 1. The lowest BCUT2D eigenvalue weighted by Gasteiger charge is -2.09. The van der Waals surface area contributed by atoms with Gasteiger partial charge in [0.1, 0.15) is 0 Å². The maximum Gasteiger partial charge on any atom is 0.271 e. The van der Waals surface area contributed by atoms with E-state index in [4.69, 9.17) is 11.6 Å². The van der Waals surface area contributed by atoms with Crippen LogP contribution in [0.25, 0.3) is 11.8 Å². The lowest BCUT2D eigenvalue weighted by atomic mass is 10.2. The number of halogens is 2. The number of nitro groups is 1. The van der Waals surface area contributed by atoms with Gasteiger partial charge in [0.15, 0.2) is 5.17 Å². The van der Waals surface area contributed by atoms with Crippen LogP contribution < -0.4 is 5.32 Å². The second-order valence-corrected chi connectivity index (χ2v) is 9.31. The molecule has 0 bridgehead atoms. The first-order valence-electron chi connectivity index (χ1n) is 9.41. The Kier molecular flexibility index (Phi) is 6.23. The summed E-state index contributed by atoms with van der Waals surface area (Å²) >= 11 is 10.7. The van der Waals surface area contributed by atoms with Gasteiger partial charge in [0, 0.05) is 28.0 Å². The molecule has 1 saturated heterocycles. The van der Waals surface area contributed by atoms with E-state index < -0.39 is 4.92 Å². The van der Waals surface area contributed by atoms with Gasteiger partial charge in [0.05, 0.1) is 26.2 Å². The number of aliphatic imine (C=N–C) groups is 1. The molecule has 2 aromatic carbocycles. The van der Waals surface area contributed by atoms with Crippen molar-refractivity contribution in [3.05, 3.63) is 90.0 Å². The van der Waals surface area contributed by atoms with Crippen LogP contribution in [0.5, 0.6) is 0 Å². The molecule has 162 valence electrons. The van der Waals surface area contributed by atoms with E-state index in [-0.39, 0.29) is 11.6 Å². The van der Waals surface area contributed by atoms with Gasteiger partial charge in [-0.1, -0.05) is 17.7 Å². The number of nitro benzene ring substituents is 1. The van der Waals surface area contributed by atoms with Gasteiger partial charge in [-0.05, 0) is 83.5 Å². The second kappa shape index (κ2) is 8.93. The maximum absolute atomic E-state index is 12.5. The van der Waals surface area contributed by atoms with Crippen LogP contribution in [0.15, 0.2) is 62.9 Å². The van der Waals surface area contributed by atoms with E-state index in [1.54, 1.807) is 30.3 Å². The minimum atomic E-state index is -0.417. The summed E-state index contributed by atoms with van der Waals surface area (Å²) < 4.78 is 2.70. The Morgan fingerprint density at radius 3 is 2.72 bits per heavy atom. The predicted octanol–water partition coefficient (Wildman–Crippen LogP) is 6.31. The minimum absolute atomic E-state index is 0.0227. The number of aryl methyl sites for hydroxylation is 1. The summed E-state index contributed by atoms with van der Waals surface area (Å²) in [5.41, 5.74) is 3.96. The first kappa shape index (κ1) is 22.3. The highest BCUT2D eigenvalue weighted by Crippen LogP contribution is 2.32. The van der Waals surface area contributed by atoms with E-state index in [0.717, 1.165) is 21.4 Å². The van der Waals surface area contributed by atoms with Crippen LogP contribution in [0, 0.1) is 24.0 Å². The second-order valence-electron chi connectivity index (χ2n) is 7.02. The van der Waals surface area contributed by atoms with Crippen molar-refractivity contribution >= 4 is 67.8 Å². The summed E-state index contributed by atoms with van der Waals surface area (Å²) in [7, 11) is 0. The number of thioether (sulfide) groups is 1. The van der Waals surface area contributed by atoms with Crippen molar-refractivity contribution in [2.24, 2.45) is 4.99 Å². The van der Waals surface area contributed by atoms with Gasteiger partial charge < -0.3 is 9.88 Å². The Morgan fingerprint density at radius 1 is 1.22 bits per heavy atom. The number of carbonyl (C=O) groups excluding carboxylic acids is 1. The molecule has 1 amide bonds. The van der Waals surface area contributed by atoms with E-state index in [1.807, 2.05) is 30.5 Å². The molecule has 3 aromatic rings. The Balaban J connectivity index is 1.65. The van der Waals surface area contributed by atoms with E-state index in [2.05, 4.69) is 26.2 Å². The van der Waals surface area contributed by atoms with Gasteiger partial charge >= 0.3 is 0 Å². The van der Waals surface area contributed by atoms with Crippen molar-refractivity contribution in [1.82, 2.24) is 9.88 Å². The summed E-state index contributed by atoms with van der Waals surface area (Å²) in [5, 5.41) is 14.9. The number of hydrogen-bond donors (Lipinski definition) is 1. The highest BCUT2D eigenvalue weighted by molar-refractivity contribution is 9.10.